The van der Waals surface area contributed by atoms with Crippen molar-refractivity contribution >= 4 is 22.7 Å². The number of nitrogens with zero attached hydrogens (tertiary/aromatic N) is 2. The van der Waals surface area contributed by atoms with Crippen LogP contribution in [0.15, 0.2) is 56.2 Å². The zero-order valence-electron chi connectivity index (χ0n) is 16.5. The number of aromatic nitrogens is 1. The molecule has 1 amide bonds. The van der Waals surface area contributed by atoms with Crippen LogP contribution >= 0.6 is 0 Å². The van der Waals surface area contributed by atoms with Crippen LogP contribution in [0.4, 0.5) is 10.2 Å². The number of fused-ring (bicyclic) bond motifs is 2. The third-order valence-corrected chi connectivity index (χ3v) is 5.51. The topological polar surface area (TPSA) is 76.6 Å². The summed E-state index contributed by atoms with van der Waals surface area (Å²) in [6.07, 6.45) is 0. The minimum Gasteiger partial charge on any atom is -0.450 e. The molecule has 0 fully saturated rings. The van der Waals surface area contributed by atoms with Crippen molar-refractivity contribution in [2.24, 2.45) is 0 Å². The number of rotatable bonds is 2. The first-order chi connectivity index (χ1) is 14.3. The predicted molar refractivity (Wildman–Crippen MR) is 108 cm³/mol. The average molecular weight is 404 g/mol. The fourth-order valence-corrected chi connectivity index (χ4v) is 3.92. The molecule has 1 aliphatic heterocycles. The number of benzene rings is 2. The number of carbonyl (C=O) groups is 1. The van der Waals surface area contributed by atoms with Crippen LogP contribution in [0.2, 0.25) is 0 Å². The van der Waals surface area contributed by atoms with E-state index in [2.05, 4.69) is 5.16 Å². The Bertz CT molecular complexity index is 1400. The van der Waals surface area contributed by atoms with Gasteiger partial charge >= 0.3 is 0 Å². The van der Waals surface area contributed by atoms with Gasteiger partial charge in [-0.1, -0.05) is 17.3 Å². The first kappa shape index (κ1) is 18.3. The summed E-state index contributed by atoms with van der Waals surface area (Å²) in [6, 6.07) is 10.0. The van der Waals surface area contributed by atoms with Gasteiger partial charge in [0.15, 0.2) is 11.2 Å². The first-order valence-electron chi connectivity index (χ1n) is 9.45. The molecule has 0 N–H and O–H groups in total. The van der Waals surface area contributed by atoms with Gasteiger partial charge in [-0.15, -0.1) is 0 Å². The van der Waals surface area contributed by atoms with Gasteiger partial charge < -0.3 is 8.94 Å². The van der Waals surface area contributed by atoms with Crippen molar-refractivity contribution in [3.05, 3.63) is 92.3 Å². The Kier molecular flexibility index (Phi) is 3.89. The van der Waals surface area contributed by atoms with E-state index in [1.807, 2.05) is 13.8 Å². The van der Waals surface area contributed by atoms with Crippen LogP contribution < -0.4 is 10.3 Å². The maximum absolute atomic E-state index is 14.0. The normalized spacial score (nSPS) is 15.8. The number of amides is 1. The number of anilines is 1. The van der Waals surface area contributed by atoms with E-state index in [1.54, 1.807) is 31.2 Å². The van der Waals surface area contributed by atoms with Gasteiger partial charge in [-0.2, -0.15) is 0 Å². The van der Waals surface area contributed by atoms with Gasteiger partial charge in [0.05, 0.1) is 17.0 Å². The minimum atomic E-state index is -0.880. The van der Waals surface area contributed by atoms with Gasteiger partial charge in [-0.05, 0) is 61.7 Å². The molecule has 6 nitrogen and oxygen atoms in total. The molecule has 0 saturated carbocycles. The van der Waals surface area contributed by atoms with E-state index in [1.165, 1.54) is 23.1 Å². The second-order valence-corrected chi connectivity index (χ2v) is 7.54. The lowest BCUT2D eigenvalue weighted by Gasteiger charge is -2.22. The molecular weight excluding hydrogens is 387 g/mol. The molecule has 3 heterocycles. The lowest BCUT2D eigenvalue weighted by molar-refractivity contribution is 0.0969. The molecule has 2 aromatic heterocycles. The van der Waals surface area contributed by atoms with Crippen molar-refractivity contribution < 1.29 is 18.1 Å². The van der Waals surface area contributed by atoms with Crippen molar-refractivity contribution in [3.63, 3.8) is 0 Å². The van der Waals surface area contributed by atoms with Crippen LogP contribution in [-0.4, -0.2) is 11.1 Å². The van der Waals surface area contributed by atoms with E-state index in [4.69, 9.17) is 8.94 Å². The van der Waals surface area contributed by atoms with E-state index in [9.17, 15) is 14.0 Å². The summed E-state index contributed by atoms with van der Waals surface area (Å²) in [7, 11) is 0. The fourth-order valence-electron chi connectivity index (χ4n) is 3.92. The third kappa shape index (κ3) is 2.58. The minimum absolute atomic E-state index is 0.0642. The highest BCUT2D eigenvalue weighted by Gasteiger charge is 2.45. The van der Waals surface area contributed by atoms with Gasteiger partial charge in [-0.3, -0.25) is 14.5 Å². The van der Waals surface area contributed by atoms with Crippen LogP contribution in [0, 0.1) is 26.6 Å². The zero-order chi connectivity index (χ0) is 21.2. The van der Waals surface area contributed by atoms with Crippen molar-refractivity contribution in [2.75, 3.05) is 4.90 Å². The molecule has 2 aromatic carbocycles. The Morgan fingerprint density at radius 2 is 1.80 bits per heavy atom. The summed E-state index contributed by atoms with van der Waals surface area (Å²) in [5.41, 5.74) is 2.51. The molecule has 30 heavy (non-hydrogen) atoms. The molecule has 0 radical (unpaired) electrons. The number of halogens is 1. The second-order valence-electron chi connectivity index (χ2n) is 7.54. The summed E-state index contributed by atoms with van der Waals surface area (Å²) in [6.45, 7) is 5.51. The molecular formula is C23H17FN2O4. The van der Waals surface area contributed by atoms with Crippen LogP contribution in [-0.2, 0) is 0 Å². The van der Waals surface area contributed by atoms with Crippen molar-refractivity contribution in [2.45, 2.75) is 26.8 Å². The van der Waals surface area contributed by atoms with Crippen LogP contribution in [0.5, 0.6) is 0 Å². The highest BCUT2D eigenvalue weighted by molar-refractivity contribution is 6.10. The molecule has 0 bridgehead atoms. The Balaban J connectivity index is 1.84. The molecule has 150 valence electrons. The SMILES string of the molecule is Cc1cc(N2C(=O)c3oc4cc(C)c(C)cc4c(=O)c3[C@@H]2c2cccc(F)c2)no1. The van der Waals surface area contributed by atoms with Crippen LogP contribution in [0.1, 0.15) is 44.6 Å². The maximum atomic E-state index is 14.0. The van der Waals surface area contributed by atoms with Crippen LogP contribution in [0.25, 0.3) is 11.0 Å². The summed E-state index contributed by atoms with van der Waals surface area (Å²) in [4.78, 5) is 28.2. The standard InChI is InChI=1S/C23H17FN2O4/c1-11-7-16-17(8-12(11)2)29-22-19(21(16)27)20(14-5-4-6-15(24)10-14)26(23(22)28)18-9-13(3)30-25-18/h4-10,20H,1-3H3/t20-/m0/s1. The highest BCUT2D eigenvalue weighted by Crippen LogP contribution is 2.41. The predicted octanol–water partition coefficient (Wildman–Crippen LogP) is 4.60. The fraction of sp³-hybridized carbons (Fsp3) is 0.174. The molecule has 4 aromatic rings. The number of hydrogen-bond donors (Lipinski definition) is 0. The number of carbonyl (C=O) groups excluding carboxylic acids is 1. The summed E-state index contributed by atoms with van der Waals surface area (Å²) < 4.78 is 25.1. The van der Waals surface area contributed by atoms with Gasteiger partial charge in [0, 0.05) is 6.07 Å². The highest BCUT2D eigenvalue weighted by atomic mass is 19.1. The molecule has 0 aliphatic carbocycles. The molecule has 1 atom stereocenters. The smallest absolute Gasteiger partial charge is 0.296 e. The van der Waals surface area contributed by atoms with Gasteiger partial charge in [0.25, 0.3) is 5.91 Å². The van der Waals surface area contributed by atoms with Crippen molar-refractivity contribution in [3.8, 4) is 0 Å². The lowest BCUT2D eigenvalue weighted by atomic mass is 9.97. The number of aryl methyl sites for hydroxylation is 3. The Hall–Kier alpha value is -3.74. The first-order valence-corrected chi connectivity index (χ1v) is 9.45. The number of hydrogen-bond acceptors (Lipinski definition) is 5. The maximum Gasteiger partial charge on any atom is 0.296 e. The molecule has 5 rings (SSSR count). The van der Waals surface area contributed by atoms with E-state index in [0.717, 1.165) is 11.1 Å². The zero-order valence-corrected chi connectivity index (χ0v) is 16.5. The summed E-state index contributed by atoms with van der Waals surface area (Å²) in [5.74, 6) is -0.326. The van der Waals surface area contributed by atoms with Crippen molar-refractivity contribution in [1.82, 2.24) is 5.16 Å². The Labute approximate surface area is 170 Å². The molecule has 1 aliphatic rings. The monoisotopic (exact) mass is 404 g/mol. The van der Waals surface area contributed by atoms with Gasteiger partial charge in [0.2, 0.25) is 5.76 Å². The quantitative estimate of drug-likeness (QED) is 0.488. The summed E-state index contributed by atoms with van der Waals surface area (Å²) >= 11 is 0. The van der Waals surface area contributed by atoms with E-state index in [-0.39, 0.29) is 22.6 Å². The molecule has 7 heteroatoms. The van der Waals surface area contributed by atoms with Gasteiger partial charge in [0.1, 0.15) is 17.2 Å². The molecule has 0 unspecified atom stereocenters. The van der Waals surface area contributed by atoms with Crippen molar-refractivity contribution in [1.29, 1.82) is 0 Å². The Morgan fingerprint density at radius 1 is 1.03 bits per heavy atom. The third-order valence-electron chi connectivity index (χ3n) is 5.51. The molecule has 0 saturated heterocycles. The van der Waals surface area contributed by atoms with Crippen LogP contribution in [0.3, 0.4) is 0 Å². The van der Waals surface area contributed by atoms with Gasteiger partial charge in [-0.25, -0.2) is 4.39 Å². The van der Waals surface area contributed by atoms with E-state index < -0.39 is 17.8 Å². The second kappa shape index (κ2) is 6.38. The largest absolute Gasteiger partial charge is 0.450 e. The van der Waals surface area contributed by atoms with E-state index in [0.29, 0.717) is 22.3 Å². The average Bonchev–Trinajstić information content (AvgIpc) is 3.25. The lowest BCUT2D eigenvalue weighted by Crippen LogP contribution is -2.29. The summed E-state index contributed by atoms with van der Waals surface area (Å²) in [5, 5.41) is 4.33. The molecule has 0 spiro atoms. The van der Waals surface area contributed by atoms with E-state index >= 15 is 0 Å². The Morgan fingerprint density at radius 3 is 2.50 bits per heavy atom.